The molecule has 3 rings (SSSR count). The maximum Gasteiger partial charge on any atom is 0.222 e. The maximum atomic E-state index is 12.3. The molecule has 0 unspecified atom stereocenters. The number of hydrogen-bond acceptors (Lipinski definition) is 2. The molecule has 2 saturated heterocycles. The van der Waals surface area contributed by atoms with Gasteiger partial charge in [-0.25, -0.2) is 0 Å². The van der Waals surface area contributed by atoms with Crippen LogP contribution < -0.4 is 5.32 Å². The summed E-state index contributed by atoms with van der Waals surface area (Å²) in [6, 6.07) is 5.48. The molecular weight excluding hydrogens is 343 g/mol. The highest BCUT2D eigenvalue weighted by atomic mass is 35.5. The van der Waals surface area contributed by atoms with Gasteiger partial charge in [0, 0.05) is 42.6 Å². The van der Waals surface area contributed by atoms with Gasteiger partial charge in [0.2, 0.25) is 5.91 Å². The van der Waals surface area contributed by atoms with Gasteiger partial charge in [0.1, 0.15) is 0 Å². The Morgan fingerprint density at radius 3 is 2.23 bits per heavy atom. The fraction of sp³-hybridized carbons (Fsp3) is 0.562. The Morgan fingerprint density at radius 1 is 1.14 bits per heavy atom. The number of nitrogens with one attached hydrogen (secondary N) is 1. The van der Waals surface area contributed by atoms with Gasteiger partial charge in [-0.2, -0.15) is 0 Å². The SMILES string of the molecule is Cl.O=C(CCc1cc(Cl)cc(Cl)c1)N1CCC2(CC1)CNC2. The lowest BCUT2D eigenvalue weighted by atomic mass is 9.73. The van der Waals surface area contributed by atoms with E-state index >= 15 is 0 Å². The summed E-state index contributed by atoms with van der Waals surface area (Å²) in [6.45, 7) is 4.04. The van der Waals surface area contributed by atoms with E-state index in [4.69, 9.17) is 23.2 Å². The monoisotopic (exact) mass is 362 g/mol. The fourth-order valence-corrected chi connectivity index (χ4v) is 3.80. The minimum atomic E-state index is 0. The van der Waals surface area contributed by atoms with E-state index in [1.807, 2.05) is 17.0 Å². The van der Waals surface area contributed by atoms with Crippen LogP contribution in [0, 0.1) is 5.41 Å². The van der Waals surface area contributed by atoms with Gasteiger partial charge in [-0.1, -0.05) is 23.2 Å². The number of likely N-dealkylation sites (tertiary alicyclic amines) is 1. The molecule has 1 aromatic carbocycles. The van der Waals surface area contributed by atoms with Gasteiger partial charge in [0.25, 0.3) is 0 Å². The van der Waals surface area contributed by atoms with Crippen molar-refractivity contribution in [2.75, 3.05) is 26.2 Å². The van der Waals surface area contributed by atoms with E-state index < -0.39 is 0 Å². The first-order valence-corrected chi connectivity index (χ1v) is 8.25. The van der Waals surface area contributed by atoms with Gasteiger partial charge in [-0.05, 0) is 48.4 Å². The molecule has 0 saturated carbocycles. The van der Waals surface area contributed by atoms with Crippen molar-refractivity contribution in [3.63, 3.8) is 0 Å². The van der Waals surface area contributed by atoms with E-state index in [0.29, 0.717) is 28.3 Å². The van der Waals surface area contributed by atoms with Crippen LogP contribution in [0.5, 0.6) is 0 Å². The summed E-state index contributed by atoms with van der Waals surface area (Å²) in [5.41, 5.74) is 1.51. The summed E-state index contributed by atoms with van der Waals surface area (Å²) < 4.78 is 0. The highest BCUT2D eigenvalue weighted by Crippen LogP contribution is 2.35. The minimum Gasteiger partial charge on any atom is -0.343 e. The van der Waals surface area contributed by atoms with Crippen LogP contribution in [0.2, 0.25) is 10.0 Å². The van der Waals surface area contributed by atoms with Gasteiger partial charge < -0.3 is 10.2 Å². The molecule has 122 valence electrons. The lowest BCUT2D eigenvalue weighted by Crippen LogP contribution is -2.58. The molecule has 3 nitrogen and oxygen atoms in total. The fourth-order valence-electron chi connectivity index (χ4n) is 3.23. The van der Waals surface area contributed by atoms with E-state index in [2.05, 4.69) is 5.32 Å². The minimum absolute atomic E-state index is 0. The Balaban J connectivity index is 0.00000176. The highest BCUT2D eigenvalue weighted by Gasteiger charge is 2.40. The van der Waals surface area contributed by atoms with Crippen LogP contribution in [0.4, 0.5) is 0 Å². The largest absolute Gasteiger partial charge is 0.343 e. The molecule has 1 spiro atoms. The number of benzene rings is 1. The van der Waals surface area contributed by atoms with Crippen molar-refractivity contribution in [1.29, 1.82) is 0 Å². The van der Waals surface area contributed by atoms with Crippen molar-refractivity contribution < 1.29 is 4.79 Å². The lowest BCUT2D eigenvalue weighted by Gasteiger charge is -2.48. The zero-order valence-electron chi connectivity index (χ0n) is 12.4. The molecule has 2 aliphatic rings. The predicted octanol–water partition coefficient (Wildman–Crippen LogP) is 3.56. The van der Waals surface area contributed by atoms with Crippen molar-refractivity contribution >= 4 is 41.5 Å². The summed E-state index contributed by atoms with van der Waals surface area (Å²) in [7, 11) is 0. The molecule has 1 amide bonds. The number of aryl methyl sites for hydroxylation is 1. The number of halogens is 3. The predicted molar refractivity (Wildman–Crippen MR) is 93.1 cm³/mol. The van der Waals surface area contributed by atoms with Crippen molar-refractivity contribution in [2.45, 2.75) is 25.7 Å². The first-order chi connectivity index (χ1) is 10.1. The third kappa shape index (κ3) is 4.08. The molecule has 0 bridgehead atoms. The Bertz CT molecular complexity index is 516. The van der Waals surface area contributed by atoms with Crippen LogP contribution in [-0.4, -0.2) is 37.0 Å². The number of piperidine rings is 1. The Labute approximate surface area is 147 Å². The standard InChI is InChI=1S/C16H20Cl2N2O.ClH/c17-13-7-12(8-14(18)9-13)1-2-15(21)20-5-3-16(4-6-20)10-19-11-16;/h7-9,19H,1-6,10-11H2;1H. The second-order valence-electron chi connectivity index (χ2n) is 6.26. The normalized spacial score (nSPS) is 19.5. The molecule has 1 aromatic rings. The first-order valence-electron chi connectivity index (χ1n) is 7.50. The van der Waals surface area contributed by atoms with Crippen LogP contribution in [0.15, 0.2) is 18.2 Å². The molecule has 0 radical (unpaired) electrons. The van der Waals surface area contributed by atoms with Crippen molar-refractivity contribution in [3.8, 4) is 0 Å². The van der Waals surface area contributed by atoms with Crippen molar-refractivity contribution in [1.82, 2.24) is 10.2 Å². The van der Waals surface area contributed by atoms with Gasteiger partial charge in [0.15, 0.2) is 0 Å². The van der Waals surface area contributed by atoms with Crippen molar-refractivity contribution in [2.24, 2.45) is 5.41 Å². The Hall–Kier alpha value is -0.480. The lowest BCUT2D eigenvalue weighted by molar-refractivity contribution is -0.134. The average molecular weight is 364 g/mol. The van der Waals surface area contributed by atoms with Crippen LogP contribution in [0.3, 0.4) is 0 Å². The number of nitrogens with zero attached hydrogens (tertiary/aromatic N) is 1. The quantitative estimate of drug-likeness (QED) is 0.890. The van der Waals surface area contributed by atoms with E-state index in [0.717, 1.165) is 44.6 Å². The summed E-state index contributed by atoms with van der Waals surface area (Å²) in [4.78, 5) is 14.3. The van der Waals surface area contributed by atoms with E-state index in [1.54, 1.807) is 6.07 Å². The van der Waals surface area contributed by atoms with Crippen LogP contribution in [-0.2, 0) is 11.2 Å². The number of amides is 1. The first kappa shape index (κ1) is 17.9. The van der Waals surface area contributed by atoms with Crippen LogP contribution in [0.1, 0.15) is 24.8 Å². The summed E-state index contributed by atoms with van der Waals surface area (Å²) >= 11 is 12.0. The summed E-state index contributed by atoms with van der Waals surface area (Å²) in [5, 5.41) is 4.60. The molecule has 0 aliphatic carbocycles. The Morgan fingerprint density at radius 2 is 1.73 bits per heavy atom. The average Bonchev–Trinajstić information content (AvgIpc) is 2.42. The molecular formula is C16H21Cl3N2O. The Kier molecular flexibility index (Phi) is 6.00. The zero-order valence-corrected chi connectivity index (χ0v) is 14.7. The molecule has 0 atom stereocenters. The number of rotatable bonds is 3. The number of carbonyl (C=O) groups is 1. The summed E-state index contributed by atoms with van der Waals surface area (Å²) in [5.74, 6) is 0.244. The molecule has 2 fully saturated rings. The number of hydrogen-bond donors (Lipinski definition) is 1. The smallest absolute Gasteiger partial charge is 0.222 e. The van der Waals surface area contributed by atoms with Crippen LogP contribution >= 0.6 is 35.6 Å². The number of carbonyl (C=O) groups excluding carboxylic acids is 1. The highest BCUT2D eigenvalue weighted by molar-refractivity contribution is 6.34. The third-order valence-corrected chi connectivity index (χ3v) is 5.16. The molecule has 1 N–H and O–H groups in total. The van der Waals surface area contributed by atoms with E-state index in [9.17, 15) is 4.79 Å². The molecule has 2 heterocycles. The summed E-state index contributed by atoms with van der Waals surface area (Å²) in [6.07, 6.45) is 3.49. The topological polar surface area (TPSA) is 32.3 Å². The van der Waals surface area contributed by atoms with Gasteiger partial charge in [-0.3, -0.25) is 4.79 Å². The van der Waals surface area contributed by atoms with Crippen molar-refractivity contribution in [3.05, 3.63) is 33.8 Å². The second kappa shape index (κ2) is 7.39. The third-order valence-electron chi connectivity index (χ3n) is 4.73. The molecule has 0 aromatic heterocycles. The molecule has 2 aliphatic heterocycles. The van der Waals surface area contributed by atoms with E-state index in [-0.39, 0.29) is 18.3 Å². The molecule has 6 heteroatoms. The maximum absolute atomic E-state index is 12.3. The van der Waals surface area contributed by atoms with Gasteiger partial charge >= 0.3 is 0 Å². The van der Waals surface area contributed by atoms with Gasteiger partial charge in [0.05, 0.1) is 0 Å². The molecule has 22 heavy (non-hydrogen) atoms. The second-order valence-corrected chi connectivity index (χ2v) is 7.13. The van der Waals surface area contributed by atoms with E-state index in [1.165, 1.54) is 0 Å². The van der Waals surface area contributed by atoms with Crippen LogP contribution in [0.25, 0.3) is 0 Å². The zero-order chi connectivity index (χ0) is 14.9. The van der Waals surface area contributed by atoms with Gasteiger partial charge in [-0.15, -0.1) is 12.4 Å².